The van der Waals surface area contributed by atoms with Crippen LogP contribution in [0, 0.1) is 0 Å². The van der Waals surface area contributed by atoms with E-state index in [0.717, 1.165) is 12.5 Å². The minimum atomic E-state index is -1.13. The van der Waals surface area contributed by atoms with Crippen LogP contribution in [0.15, 0.2) is 16.9 Å². The first-order valence-corrected chi connectivity index (χ1v) is 5.52. The number of nitrogens with one attached hydrogen (secondary N) is 1. The molecule has 2 heterocycles. The minimum Gasteiger partial charge on any atom is -0.478 e. The van der Waals surface area contributed by atoms with Crippen LogP contribution in [0.4, 0.5) is 5.82 Å². The molecule has 0 atom stereocenters. The molecule has 0 unspecified atom stereocenters. The molecule has 1 aromatic heterocycles. The summed E-state index contributed by atoms with van der Waals surface area (Å²) in [6.07, 6.45) is 0.785. The molecule has 0 saturated carbocycles. The first-order chi connectivity index (χ1) is 8.60. The predicted octanol–water partition coefficient (Wildman–Crippen LogP) is -0.648. The summed E-state index contributed by atoms with van der Waals surface area (Å²) in [7, 11) is 0. The van der Waals surface area contributed by atoms with Crippen LogP contribution in [0.2, 0.25) is 0 Å². The van der Waals surface area contributed by atoms with Crippen LogP contribution >= 0.6 is 0 Å². The van der Waals surface area contributed by atoms with Crippen molar-refractivity contribution in [2.75, 3.05) is 31.1 Å². The fourth-order valence-corrected chi connectivity index (χ4v) is 1.89. The molecule has 1 fully saturated rings. The number of anilines is 1. The molecule has 7 nitrogen and oxygen atoms in total. The predicted molar refractivity (Wildman–Crippen MR) is 63.9 cm³/mol. The molecule has 1 saturated heterocycles. The number of amides is 1. The Morgan fingerprint density at radius 2 is 1.94 bits per heavy atom. The lowest BCUT2D eigenvalue weighted by atomic mass is 10.2. The highest BCUT2D eigenvalue weighted by atomic mass is 16.4. The highest BCUT2D eigenvalue weighted by Crippen LogP contribution is 2.13. The lowest BCUT2D eigenvalue weighted by Crippen LogP contribution is -2.46. The van der Waals surface area contributed by atoms with Crippen LogP contribution in [0.25, 0.3) is 0 Å². The van der Waals surface area contributed by atoms with E-state index >= 15 is 0 Å². The molecule has 0 spiro atoms. The van der Waals surface area contributed by atoms with E-state index in [9.17, 15) is 14.4 Å². The fraction of sp³-hybridized carbons (Fsp3) is 0.364. The van der Waals surface area contributed by atoms with Crippen molar-refractivity contribution in [2.24, 2.45) is 0 Å². The third-order valence-corrected chi connectivity index (χ3v) is 2.88. The van der Waals surface area contributed by atoms with Crippen molar-refractivity contribution >= 4 is 18.2 Å². The van der Waals surface area contributed by atoms with E-state index in [1.807, 2.05) is 4.90 Å². The molecule has 7 heteroatoms. The topological polar surface area (TPSA) is 93.7 Å². The second kappa shape index (κ2) is 4.91. The van der Waals surface area contributed by atoms with Crippen LogP contribution in [0.5, 0.6) is 0 Å². The summed E-state index contributed by atoms with van der Waals surface area (Å²) in [6.45, 7) is 2.25. The number of hydrogen-bond acceptors (Lipinski definition) is 4. The Hall–Kier alpha value is -2.31. The standard InChI is InChI=1S/C11H13N3O4/c15-7-13-1-3-14(4-2-13)9-5-8(11(17)18)6-10(16)12-9/h5-7H,1-4H2,(H,12,16)(H,17,18). The van der Waals surface area contributed by atoms with Gasteiger partial charge in [0.05, 0.1) is 5.56 Å². The zero-order valence-electron chi connectivity index (χ0n) is 9.63. The Kier molecular flexibility index (Phi) is 3.31. The molecule has 1 aliphatic rings. The molecule has 0 radical (unpaired) electrons. The van der Waals surface area contributed by atoms with Gasteiger partial charge in [-0.2, -0.15) is 0 Å². The molecule has 1 aromatic rings. The summed E-state index contributed by atoms with van der Waals surface area (Å²) < 4.78 is 0. The average Bonchev–Trinajstić information content (AvgIpc) is 2.38. The van der Waals surface area contributed by atoms with Crippen molar-refractivity contribution in [1.82, 2.24) is 9.88 Å². The second-order valence-corrected chi connectivity index (χ2v) is 4.05. The number of nitrogens with zero attached hydrogens (tertiary/aromatic N) is 2. The summed E-state index contributed by atoms with van der Waals surface area (Å²) >= 11 is 0. The maximum Gasteiger partial charge on any atom is 0.336 e. The quantitative estimate of drug-likeness (QED) is 0.696. The molecule has 0 aromatic carbocycles. The van der Waals surface area contributed by atoms with Crippen LogP contribution in [-0.4, -0.2) is 53.5 Å². The molecule has 1 aliphatic heterocycles. The van der Waals surface area contributed by atoms with Gasteiger partial charge in [0.2, 0.25) is 12.0 Å². The van der Waals surface area contributed by atoms with Crippen molar-refractivity contribution in [3.05, 3.63) is 28.0 Å². The van der Waals surface area contributed by atoms with Gasteiger partial charge in [-0.25, -0.2) is 4.79 Å². The number of rotatable bonds is 3. The first-order valence-electron chi connectivity index (χ1n) is 5.52. The maximum atomic E-state index is 11.4. The summed E-state index contributed by atoms with van der Waals surface area (Å²) in [5, 5.41) is 8.89. The van der Waals surface area contributed by atoms with Crippen molar-refractivity contribution < 1.29 is 14.7 Å². The largest absolute Gasteiger partial charge is 0.478 e. The molecule has 0 bridgehead atoms. The van der Waals surface area contributed by atoms with E-state index < -0.39 is 11.5 Å². The Morgan fingerprint density at radius 3 is 2.50 bits per heavy atom. The SMILES string of the molecule is O=CN1CCN(c2cc(C(=O)O)cc(=O)[nH]2)CC1. The normalized spacial score (nSPS) is 15.6. The van der Waals surface area contributed by atoms with Crippen molar-refractivity contribution in [3.8, 4) is 0 Å². The van der Waals surface area contributed by atoms with Gasteiger partial charge in [0, 0.05) is 32.2 Å². The lowest BCUT2D eigenvalue weighted by Gasteiger charge is -2.33. The Morgan fingerprint density at radius 1 is 1.28 bits per heavy atom. The van der Waals surface area contributed by atoms with Gasteiger partial charge in [-0.1, -0.05) is 0 Å². The zero-order chi connectivity index (χ0) is 13.1. The van der Waals surface area contributed by atoms with Crippen LogP contribution in [0.1, 0.15) is 10.4 Å². The molecular weight excluding hydrogens is 238 g/mol. The van der Waals surface area contributed by atoms with E-state index in [0.29, 0.717) is 32.0 Å². The van der Waals surface area contributed by atoms with Gasteiger partial charge in [-0.3, -0.25) is 9.59 Å². The smallest absolute Gasteiger partial charge is 0.336 e. The Bertz CT molecular complexity index is 517. The summed E-state index contributed by atoms with van der Waals surface area (Å²) in [6, 6.07) is 2.48. The van der Waals surface area contributed by atoms with E-state index in [4.69, 9.17) is 5.11 Å². The van der Waals surface area contributed by atoms with Crippen LogP contribution < -0.4 is 10.5 Å². The van der Waals surface area contributed by atoms with E-state index in [2.05, 4.69) is 4.98 Å². The second-order valence-electron chi connectivity index (χ2n) is 4.05. The molecule has 18 heavy (non-hydrogen) atoms. The number of H-pyrrole nitrogens is 1. The summed E-state index contributed by atoms with van der Waals surface area (Å²) in [5.41, 5.74) is -0.478. The van der Waals surface area contributed by atoms with Crippen molar-refractivity contribution in [1.29, 1.82) is 0 Å². The average molecular weight is 251 g/mol. The highest BCUT2D eigenvalue weighted by Gasteiger charge is 2.17. The monoisotopic (exact) mass is 251 g/mol. The Labute approximate surface area is 103 Å². The summed E-state index contributed by atoms with van der Waals surface area (Å²) in [5.74, 6) is -0.653. The highest BCUT2D eigenvalue weighted by molar-refractivity contribution is 5.88. The molecule has 96 valence electrons. The number of carboxylic acids is 1. The third-order valence-electron chi connectivity index (χ3n) is 2.88. The van der Waals surface area contributed by atoms with Crippen LogP contribution in [0.3, 0.4) is 0 Å². The van der Waals surface area contributed by atoms with Crippen molar-refractivity contribution in [2.45, 2.75) is 0 Å². The molecular formula is C11H13N3O4. The summed E-state index contributed by atoms with van der Waals surface area (Å²) in [4.78, 5) is 38.9. The Balaban J connectivity index is 2.21. The van der Waals surface area contributed by atoms with E-state index in [1.165, 1.54) is 6.07 Å². The molecule has 1 amide bonds. The number of aromatic amines is 1. The number of aromatic nitrogens is 1. The fourth-order valence-electron chi connectivity index (χ4n) is 1.89. The van der Waals surface area contributed by atoms with Gasteiger partial charge in [0.15, 0.2) is 0 Å². The number of aromatic carboxylic acids is 1. The molecule has 0 aliphatic carbocycles. The van der Waals surface area contributed by atoms with Gasteiger partial charge in [-0.15, -0.1) is 0 Å². The van der Waals surface area contributed by atoms with E-state index in [-0.39, 0.29) is 5.56 Å². The van der Waals surface area contributed by atoms with Crippen molar-refractivity contribution in [3.63, 3.8) is 0 Å². The first kappa shape index (κ1) is 12.2. The maximum absolute atomic E-state index is 11.4. The van der Waals surface area contributed by atoms with Crippen LogP contribution in [-0.2, 0) is 4.79 Å². The number of hydrogen-bond donors (Lipinski definition) is 2. The number of pyridine rings is 1. The van der Waals surface area contributed by atoms with Gasteiger partial charge in [0.1, 0.15) is 5.82 Å². The van der Waals surface area contributed by atoms with E-state index in [1.54, 1.807) is 4.90 Å². The van der Waals surface area contributed by atoms with Gasteiger partial charge in [-0.05, 0) is 6.07 Å². The number of carbonyl (C=O) groups excluding carboxylic acids is 1. The number of carboxylic acid groups (broad SMARTS) is 1. The van der Waals surface area contributed by atoms with Gasteiger partial charge in [0.25, 0.3) is 0 Å². The number of piperazine rings is 1. The third kappa shape index (κ3) is 2.50. The zero-order valence-corrected chi connectivity index (χ0v) is 9.63. The minimum absolute atomic E-state index is 0.0356. The molecule has 2 rings (SSSR count). The molecule has 2 N–H and O–H groups in total. The lowest BCUT2D eigenvalue weighted by molar-refractivity contribution is -0.118. The van der Waals surface area contributed by atoms with Gasteiger partial charge < -0.3 is 19.9 Å². The van der Waals surface area contributed by atoms with Gasteiger partial charge >= 0.3 is 5.97 Å². The number of carbonyl (C=O) groups is 2.